The predicted octanol–water partition coefficient (Wildman–Crippen LogP) is 2.36. The van der Waals surface area contributed by atoms with Gasteiger partial charge in [-0.2, -0.15) is 0 Å². The predicted molar refractivity (Wildman–Crippen MR) is 38.1 cm³/mol. The van der Waals surface area contributed by atoms with Crippen molar-refractivity contribution in [3.8, 4) is 0 Å². The SMILES string of the molecule is C=C=C1CC2=CC=C1C2. The fourth-order valence-corrected chi connectivity index (χ4v) is 1.43. The molecule has 2 aliphatic rings. The minimum atomic E-state index is 1.11. The molecular formula is C9H8. The van der Waals surface area contributed by atoms with Crippen LogP contribution in [0.2, 0.25) is 0 Å². The second kappa shape index (κ2) is 1.49. The van der Waals surface area contributed by atoms with Gasteiger partial charge in [-0.3, -0.25) is 0 Å². The molecule has 1 fully saturated rings. The first-order chi connectivity index (χ1) is 4.40. The van der Waals surface area contributed by atoms with E-state index in [0.717, 1.165) is 12.8 Å². The first kappa shape index (κ1) is 4.84. The van der Waals surface area contributed by atoms with Crippen LogP contribution in [0.5, 0.6) is 0 Å². The summed E-state index contributed by atoms with van der Waals surface area (Å²) in [7, 11) is 0. The third-order valence-electron chi connectivity index (χ3n) is 1.94. The zero-order valence-electron chi connectivity index (χ0n) is 5.28. The highest BCUT2D eigenvalue weighted by atomic mass is 14.2. The number of hydrogen-bond acceptors (Lipinski definition) is 0. The maximum atomic E-state index is 3.63. The number of allylic oxidation sites excluding steroid dienone is 5. The van der Waals surface area contributed by atoms with E-state index in [9.17, 15) is 0 Å². The first-order valence-corrected chi connectivity index (χ1v) is 3.18. The van der Waals surface area contributed by atoms with Gasteiger partial charge in [-0.1, -0.05) is 24.3 Å². The molecule has 0 aromatic carbocycles. The Kier molecular flexibility index (Phi) is 0.802. The van der Waals surface area contributed by atoms with E-state index in [1.54, 1.807) is 0 Å². The summed E-state index contributed by atoms with van der Waals surface area (Å²) in [4.78, 5) is 0. The Balaban J connectivity index is 2.52. The van der Waals surface area contributed by atoms with Gasteiger partial charge in [0.2, 0.25) is 0 Å². The molecule has 9 heavy (non-hydrogen) atoms. The molecule has 2 rings (SSSR count). The van der Waals surface area contributed by atoms with Crippen molar-refractivity contribution in [2.75, 3.05) is 0 Å². The maximum absolute atomic E-state index is 3.63. The molecule has 0 spiro atoms. The van der Waals surface area contributed by atoms with Gasteiger partial charge >= 0.3 is 0 Å². The first-order valence-electron chi connectivity index (χ1n) is 3.18. The number of hydrogen-bond donors (Lipinski definition) is 0. The lowest BCUT2D eigenvalue weighted by Crippen LogP contribution is -1.75. The van der Waals surface area contributed by atoms with Crippen LogP contribution in [0.3, 0.4) is 0 Å². The molecule has 44 valence electrons. The van der Waals surface area contributed by atoms with Crippen molar-refractivity contribution in [2.24, 2.45) is 0 Å². The highest BCUT2D eigenvalue weighted by Crippen LogP contribution is 2.38. The normalized spacial score (nSPS) is 21.6. The van der Waals surface area contributed by atoms with E-state index < -0.39 is 0 Å². The summed E-state index contributed by atoms with van der Waals surface area (Å²) in [6.07, 6.45) is 6.65. The molecule has 0 nitrogen and oxygen atoms in total. The van der Waals surface area contributed by atoms with Crippen LogP contribution >= 0.6 is 0 Å². The van der Waals surface area contributed by atoms with Gasteiger partial charge in [0.15, 0.2) is 0 Å². The Hall–Kier alpha value is -1.00. The molecule has 0 atom stereocenters. The van der Waals surface area contributed by atoms with E-state index in [-0.39, 0.29) is 0 Å². The second-order valence-corrected chi connectivity index (χ2v) is 2.53. The van der Waals surface area contributed by atoms with Crippen LogP contribution in [-0.4, -0.2) is 0 Å². The summed E-state index contributed by atoms with van der Waals surface area (Å²) < 4.78 is 0. The number of rotatable bonds is 0. The molecular weight excluding hydrogens is 108 g/mol. The van der Waals surface area contributed by atoms with E-state index in [4.69, 9.17) is 0 Å². The third-order valence-corrected chi connectivity index (χ3v) is 1.94. The molecule has 0 N–H and O–H groups in total. The fraction of sp³-hybridized carbons (Fsp3) is 0.222. The Bertz CT molecular complexity index is 258. The largest absolute Gasteiger partial charge is 0.125 e. The minimum absolute atomic E-state index is 1.11. The molecule has 0 amide bonds. The Labute approximate surface area is 54.9 Å². The third kappa shape index (κ3) is 0.540. The lowest BCUT2D eigenvalue weighted by molar-refractivity contribution is 1.22. The van der Waals surface area contributed by atoms with Crippen LogP contribution < -0.4 is 0 Å². The van der Waals surface area contributed by atoms with Gasteiger partial charge in [-0.05, 0) is 12.0 Å². The van der Waals surface area contributed by atoms with Crippen LogP contribution in [0.15, 0.2) is 41.2 Å². The highest BCUT2D eigenvalue weighted by molar-refractivity contribution is 5.51. The molecule has 0 radical (unpaired) electrons. The van der Waals surface area contributed by atoms with Crippen molar-refractivity contribution < 1.29 is 0 Å². The average molecular weight is 116 g/mol. The van der Waals surface area contributed by atoms with Crippen molar-refractivity contribution in [2.45, 2.75) is 12.8 Å². The lowest BCUT2D eigenvalue weighted by Gasteiger charge is -1.93. The molecule has 0 heteroatoms. The van der Waals surface area contributed by atoms with Gasteiger partial charge in [0.1, 0.15) is 0 Å². The van der Waals surface area contributed by atoms with E-state index in [1.165, 1.54) is 16.7 Å². The topological polar surface area (TPSA) is 0 Å². The summed E-state index contributed by atoms with van der Waals surface area (Å²) in [5, 5.41) is 0. The standard InChI is InChI=1S/C9H8/c1-2-8-5-7-3-4-9(8)6-7/h3-4H,1,5-6H2. The summed E-state index contributed by atoms with van der Waals surface area (Å²) in [5.41, 5.74) is 7.22. The molecule has 0 aromatic rings. The van der Waals surface area contributed by atoms with Gasteiger partial charge in [0.25, 0.3) is 0 Å². The smallest absolute Gasteiger partial charge is 0.00157 e. The average Bonchev–Trinajstić information content (AvgIpc) is 2.45. The molecule has 0 saturated heterocycles. The van der Waals surface area contributed by atoms with Gasteiger partial charge in [0.05, 0.1) is 0 Å². The Morgan fingerprint density at radius 3 is 2.56 bits per heavy atom. The summed E-state index contributed by atoms with van der Waals surface area (Å²) in [6, 6.07) is 0. The van der Waals surface area contributed by atoms with Crippen molar-refractivity contribution in [3.05, 3.63) is 41.2 Å². The van der Waals surface area contributed by atoms with Crippen molar-refractivity contribution >= 4 is 0 Å². The van der Waals surface area contributed by atoms with Crippen LogP contribution in [-0.2, 0) is 0 Å². The Morgan fingerprint density at radius 2 is 2.22 bits per heavy atom. The molecule has 2 aliphatic carbocycles. The summed E-state index contributed by atoms with van der Waals surface area (Å²) in [6.45, 7) is 3.63. The minimum Gasteiger partial charge on any atom is -0.125 e. The van der Waals surface area contributed by atoms with E-state index in [2.05, 4.69) is 24.5 Å². The fourth-order valence-electron chi connectivity index (χ4n) is 1.43. The van der Waals surface area contributed by atoms with Gasteiger partial charge in [-0.25, -0.2) is 0 Å². The van der Waals surface area contributed by atoms with Gasteiger partial charge in [-0.15, -0.1) is 5.73 Å². The summed E-state index contributed by atoms with van der Waals surface area (Å²) in [5.74, 6) is 0. The number of fused-ring (bicyclic) bond motifs is 2. The van der Waals surface area contributed by atoms with Gasteiger partial charge in [0, 0.05) is 12.0 Å². The molecule has 0 heterocycles. The van der Waals surface area contributed by atoms with Crippen LogP contribution in [0.4, 0.5) is 0 Å². The summed E-state index contributed by atoms with van der Waals surface area (Å²) >= 11 is 0. The molecule has 2 bridgehead atoms. The Morgan fingerprint density at radius 1 is 1.33 bits per heavy atom. The highest BCUT2D eigenvalue weighted by Gasteiger charge is 2.20. The van der Waals surface area contributed by atoms with Gasteiger partial charge < -0.3 is 0 Å². The maximum Gasteiger partial charge on any atom is 0.00157 e. The molecule has 0 aromatic heterocycles. The monoisotopic (exact) mass is 116 g/mol. The van der Waals surface area contributed by atoms with Crippen LogP contribution in [0, 0.1) is 0 Å². The van der Waals surface area contributed by atoms with Crippen LogP contribution in [0.1, 0.15) is 12.8 Å². The zero-order chi connectivity index (χ0) is 6.27. The van der Waals surface area contributed by atoms with Crippen molar-refractivity contribution in [1.82, 2.24) is 0 Å². The quantitative estimate of drug-likeness (QED) is 0.426. The van der Waals surface area contributed by atoms with Crippen molar-refractivity contribution in [3.63, 3.8) is 0 Å². The lowest BCUT2D eigenvalue weighted by atomic mass is 10.1. The zero-order valence-corrected chi connectivity index (χ0v) is 5.28. The van der Waals surface area contributed by atoms with Crippen LogP contribution in [0.25, 0.3) is 0 Å². The molecule has 0 aliphatic heterocycles. The molecule has 1 saturated carbocycles. The van der Waals surface area contributed by atoms with E-state index >= 15 is 0 Å². The second-order valence-electron chi connectivity index (χ2n) is 2.53. The van der Waals surface area contributed by atoms with E-state index in [1.807, 2.05) is 0 Å². The molecule has 0 unspecified atom stereocenters. The van der Waals surface area contributed by atoms with Crippen molar-refractivity contribution in [1.29, 1.82) is 0 Å². The van der Waals surface area contributed by atoms with E-state index in [0.29, 0.717) is 0 Å².